The molecule has 0 saturated heterocycles. The predicted octanol–water partition coefficient (Wildman–Crippen LogP) is 3.86. The van der Waals surface area contributed by atoms with Crippen molar-refractivity contribution in [3.05, 3.63) is 41.9 Å². The largest absolute Gasteiger partial charge is 0.338 e. The Balaban J connectivity index is 2.24. The van der Waals surface area contributed by atoms with Crippen molar-refractivity contribution in [3.8, 4) is 0 Å². The van der Waals surface area contributed by atoms with Crippen LogP contribution in [-0.4, -0.2) is 11.1 Å². The quantitative estimate of drug-likeness (QED) is 0.892. The molecular formula is C15H17FN2O2. The van der Waals surface area contributed by atoms with Gasteiger partial charge in [0.1, 0.15) is 5.83 Å². The van der Waals surface area contributed by atoms with Gasteiger partial charge < -0.3 is 4.52 Å². The highest BCUT2D eigenvalue weighted by atomic mass is 19.1. The van der Waals surface area contributed by atoms with Gasteiger partial charge in [-0.25, -0.2) is 4.39 Å². The van der Waals surface area contributed by atoms with Gasteiger partial charge in [-0.2, -0.15) is 0 Å². The lowest BCUT2D eigenvalue weighted by molar-refractivity contribution is -0.123. The van der Waals surface area contributed by atoms with Crippen LogP contribution in [0.25, 0.3) is 5.57 Å². The standard InChI is InChI=1S/C15H17FN2O2/c1-15(2,3)14(19)18-13-12(9-17-20-13)10-5-4-6-11(16)8-7-10/h5-9H,4H2,1-3H3,(H,18,19). The first-order valence-electron chi connectivity index (χ1n) is 6.38. The minimum atomic E-state index is -0.536. The van der Waals surface area contributed by atoms with Crippen LogP contribution >= 0.6 is 0 Å². The molecular weight excluding hydrogens is 259 g/mol. The highest BCUT2D eigenvalue weighted by Gasteiger charge is 2.24. The third kappa shape index (κ3) is 3.23. The molecule has 0 aromatic carbocycles. The summed E-state index contributed by atoms with van der Waals surface area (Å²) in [6, 6.07) is 0. The lowest BCUT2D eigenvalue weighted by Gasteiger charge is -2.16. The lowest BCUT2D eigenvalue weighted by atomic mass is 9.95. The minimum absolute atomic E-state index is 0.169. The van der Waals surface area contributed by atoms with Gasteiger partial charge in [0.2, 0.25) is 11.8 Å². The zero-order chi connectivity index (χ0) is 14.8. The van der Waals surface area contributed by atoms with E-state index >= 15 is 0 Å². The Morgan fingerprint density at radius 2 is 2.10 bits per heavy atom. The number of rotatable bonds is 2. The number of allylic oxidation sites excluding steroid dienone is 6. The number of aromatic nitrogens is 1. The molecule has 2 rings (SSSR count). The Morgan fingerprint density at radius 1 is 1.35 bits per heavy atom. The van der Waals surface area contributed by atoms with E-state index in [1.807, 2.05) is 26.8 Å². The number of nitrogens with one attached hydrogen (secondary N) is 1. The summed E-state index contributed by atoms with van der Waals surface area (Å²) >= 11 is 0. The third-order valence-electron chi connectivity index (χ3n) is 2.86. The third-order valence-corrected chi connectivity index (χ3v) is 2.86. The molecule has 1 aromatic rings. The van der Waals surface area contributed by atoms with Crippen molar-refractivity contribution in [2.24, 2.45) is 5.41 Å². The molecule has 0 fully saturated rings. The number of nitrogens with zero attached hydrogens (tertiary/aromatic N) is 1. The van der Waals surface area contributed by atoms with Crippen LogP contribution in [0, 0.1) is 5.41 Å². The Hall–Kier alpha value is -2.17. The van der Waals surface area contributed by atoms with E-state index < -0.39 is 5.41 Å². The molecule has 0 bridgehead atoms. The van der Waals surface area contributed by atoms with Crippen molar-refractivity contribution in [3.63, 3.8) is 0 Å². The van der Waals surface area contributed by atoms with Gasteiger partial charge in [0.15, 0.2) is 0 Å². The molecule has 0 aliphatic heterocycles. The predicted molar refractivity (Wildman–Crippen MR) is 75.5 cm³/mol. The number of hydrogen-bond acceptors (Lipinski definition) is 3. The van der Waals surface area contributed by atoms with Gasteiger partial charge in [-0.1, -0.05) is 38.1 Å². The van der Waals surface area contributed by atoms with Crippen LogP contribution in [0.4, 0.5) is 10.3 Å². The van der Waals surface area contributed by atoms with Crippen LogP contribution in [0.15, 0.2) is 40.9 Å². The highest BCUT2D eigenvalue weighted by Crippen LogP contribution is 2.28. The van der Waals surface area contributed by atoms with Crippen molar-refractivity contribution in [2.75, 3.05) is 5.32 Å². The van der Waals surface area contributed by atoms with Crippen LogP contribution in [-0.2, 0) is 4.79 Å². The van der Waals surface area contributed by atoms with Crippen LogP contribution < -0.4 is 5.32 Å². The highest BCUT2D eigenvalue weighted by molar-refractivity contribution is 5.96. The first kappa shape index (κ1) is 14.2. The zero-order valence-corrected chi connectivity index (χ0v) is 11.7. The maximum Gasteiger partial charge on any atom is 0.239 e. The number of halogens is 1. The Kier molecular flexibility index (Phi) is 3.88. The summed E-state index contributed by atoms with van der Waals surface area (Å²) in [7, 11) is 0. The second-order valence-electron chi connectivity index (χ2n) is 5.59. The second-order valence-corrected chi connectivity index (χ2v) is 5.59. The van der Waals surface area contributed by atoms with E-state index in [4.69, 9.17) is 4.52 Å². The van der Waals surface area contributed by atoms with E-state index in [1.54, 1.807) is 6.08 Å². The summed E-state index contributed by atoms with van der Waals surface area (Å²) in [5, 5.41) is 6.41. The van der Waals surface area contributed by atoms with E-state index in [2.05, 4.69) is 10.5 Å². The van der Waals surface area contributed by atoms with Crippen molar-refractivity contribution in [1.29, 1.82) is 0 Å². The molecule has 5 heteroatoms. The van der Waals surface area contributed by atoms with Crippen molar-refractivity contribution in [1.82, 2.24) is 5.16 Å². The van der Waals surface area contributed by atoms with Crippen LogP contribution in [0.5, 0.6) is 0 Å². The first-order chi connectivity index (χ1) is 9.38. The average Bonchev–Trinajstić information content (AvgIpc) is 2.70. The van der Waals surface area contributed by atoms with E-state index in [-0.39, 0.29) is 17.6 Å². The molecule has 0 atom stereocenters. The number of amides is 1. The minimum Gasteiger partial charge on any atom is -0.338 e. The second kappa shape index (κ2) is 5.45. The Morgan fingerprint density at radius 3 is 2.80 bits per heavy atom. The normalized spacial score (nSPS) is 15.4. The zero-order valence-electron chi connectivity index (χ0n) is 11.7. The monoisotopic (exact) mass is 276 g/mol. The van der Waals surface area contributed by atoms with Gasteiger partial charge in [0, 0.05) is 5.41 Å². The molecule has 0 unspecified atom stereocenters. The van der Waals surface area contributed by atoms with Gasteiger partial charge in [-0.05, 0) is 24.1 Å². The maximum absolute atomic E-state index is 13.2. The van der Waals surface area contributed by atoms with Gasteiger partial charge in [0.25, 0.3) is 0 Å². The molecule has 1 N–H and O–H groups in total. The fraction of sp³-hybridized carbons (Fsp3) is 0.333. The van der Waals surface area contributed by atoms with Crippen LogP contribution in [0.1, 0.15) is 32.8 Å². The number of hydrogen-bond donors (Lipinski definition) is 1. The molecule has 1 aliphatic carbocycles. The SMILES string of the molecule is CC(C)(C)C(=O)Nc1oncc1C1=CCC=C(F)C=C1. The van der Waals surface area contributed by atoms with Crippen molar-refractivity contribution in [2.45, 2.75) is 27.2 Å². The van der Waals surface area contributed by atoms with Crippen LogP contribution in [0.3, 0.4) is 0 Å². The fourth-order valence-corrected chi connectivity index (χ4v) is 1.63. The van der Waals surface area contributed by atoms with Gasteiger partial charge in [-0.3, -0.25) is 10.1 Å². The smallest absolute Gasteiger partial charge is 0.239 e. The number of carbonyl (C=O) groups excluding carboxylic acids is 1. The molecule has 1 amide bonds. The molecule has 1 heterocycles. The van der Waals surface area contributed by atoms with Crippen LogP contribution in [0.2, 0.25) is 0 Å². The summed E-state index contributed by atoms with van der Waals surface area (Å²) in [6.07, 6.45) is 8.33. The summed E-state index contributed by atoms with van der Waals surface area (Å²) < 4.78 is 18.2. The summed E-state index contributed by atoms with van der Waals surface area (Å²) in [4.78, 5) is 12.0. The molecule has 106 valence electrons. The maximum atomic E-state index is 13.2. The molecule has 20 heavy (non-hydrogen) atoms. The molecule has 4 nitrogen and oxygen atoms in total. The number of anilines is 1. The van der Waals surface area contributed by atoms with Gasteiger partial charge in [-0.15, -0.1) is 0 Å². The molecule has 0 spiro atoms. The van der Waals surface area contributed by atoms with Gasteiger partial charge in [0.05, 0.1) is 11.8 Å². The van der Waals surface area contributed by atoms with E-state index in [0.29, 0.717) is 12.0 Å². The number of carbonyl (C=O) groups is 1. The van der Waals surface area contributed by atoms with Crippen molar-refractivity contribution < 1.29 is 13.7 Å². The molecule has 1 aliphatic rings. The average molecular weight is 276 g/mol. The fourth-order valence-electron chi connectivity index (χ4n) is 1.63. The molecule has 0 saturated carbocycles. The Bertz CT molecular complexity index is 604. The Labute approximate surface area is 117 Å². The lowest BCUT2D eigenvalue weighted by Crippen LogP contribution is -2.27. The first-order valence-corrected chi connectivity index (χ1v) is 6.38. The molecule has 0 radical (unpaired) electrons. The van der Waals surface area contributed by atoms with Crippen molar-refractivity contribution >= 4 is 17.4 Å². The summed E-state index contributed by atoms with van der Waals surface area (Å²) in [6.45, 7) is 5.42. The topological polar surface area (TPSA) is 55.1 Å². The van der Waals surface area contributed by atoms with Gasteiger partial charge >= 0.3 is 0 Å². The summed E-state index contributed by atoms with van der Waals surface area (Å²) in [5.41, 5.74) is 0.868. The van der Waals surface area contributed by atoms with E-state index in [0.717, 1.165) is 5.57 Å². The van der Waals surface area contributed by atoms with E-state index in [1.165, 1.54) is 18.3 Å². The van der Waals surface area contributed by atoms with E-state index in [9.17, 15) is 9.18 Å². The molecule has 1 aromatic heterocycles. The summed E-state index contributed by atoms with van der Waals surface area (Å²) in [5.74, 6) is -0.172.